The Labute approximate surface area is 197 Å². The van der Waals surface area contributed by atoms with Crippen molar-refractivity contribution in [2.24, 2.45) is 0 Å². The first-order valence-corrected chi connectivity index (χ1v) is 13.4. The largest absolute Gasteiger partial charge is 0.289 e. The highest BCUT2D eigenvalue weighted by molar-refractivity contribution is 7.91. The van der Waals surface area contributed by atoms with Crippen LogP contribution in [0.4, 0.5) is 0 Å². The number of benzene rings is 3. The maximum absolute atomic E-state index is 13.2. The molecule has 3 rings (SSSR count). The Balaban J connectivity index is 2.00. The van der Waals surface area contributed by atoms with Gasteiger partial charge in [-0.25, -0.2) is 21.6 Å². The van der Waals surface area contributed by atoms with Crippen molar-refractivity contribution in [3.8, 4) is 0 Å². The lowest BCUT2D eigenvalue weighted by molar-refractivity contribution is 0.103. The van der Waals surface area contributed by atoms with Crippen LogP contribution in [0.25, 0.3) is 0 Å². The molecule has 0 amide bonds. The van der Waals surface area contributed by atoms with Crippen molar-refractivity contribution in [2.75, 3.05) is 6.26 Å². The van der Waals surface area contributed by atoms with Crippen molar-refractivity contribution in [1.29, 1.82) is 0 Å². The van der Waals surface area contributed by atoms with Crippen LogP contribution in [0.2, 0.25) is 10.0 Å². The predicted molar refractivity (Wildman–Crippen MR) is 125 cm³/mol. The van der Waals surface area contributed by atoms with Gasteiger partial charge in [-0.3, -0.25) is 4.79 Å². The second-order valence-corrected chi connectivity index (χ2v) is 11.7. The molecule has 0 spiro atoms. The molecule has 1 unspecified atom stereocenters. The summed E-state index contributed by atoms with van der Waals surface area (Å²) in [7, 11) is -7.44. The number of rotatable bonds is 7. The van der Waals surface area contributed by atoms with E-state index in [1.807, 2.05) is 0 Å². The smallest absolute Gasteiger partial charge is 0.209 e. The molecule has 0 saturated heterocycles. The van der Waals surface area contributed by atoms with Crippen LogP contribution in [-0.2, 0) is 19.9 Å². The fourth-order valence-corrected chi connectivity index (χ4v) is 5.74. The number of sulfone groups is 1. The average Bonchev–Trinajstić information content (AvgIpc) is 2.72. The summed E-state index contributed by atoms with van der Waals surface area (Å²) in [6.45, 7) is 1.67. The van der Waals surface area contributed by atoms with Crippen LogP contribution in [0.1, 0.15) is 34.5 Å². The van der Waals surface area contributed by atoms with Gasteiger partial charge in [0.2, 0.25) is 19.9 Å². The molecule has 0 saturated carbocycles. The SMILES string of the molecule is CC(NS(C)(=O)=O)c1ccc(C(=O)c2ccc(Cl)cc2S(=O)(=O)c2ccc(Cl)cc2)cc1. The molecule has 0 radical (unpaired) electrons. The number of carbonyl (C=O) groups excluding carboxylic acids is 1. The van der Waals surface area contributed by atoms with Gasteiger partial charge in [-0.05, 0) is 55.0 Å². The first-order chi connectivity index (χ1) is 14.9. The summed E-state index contributed by atoms with van der Waals surface area (Å²) < 4.78 is 51.7. The highest BCUT2D eigenvalue weighted by Gasteiger charge is 2.26. The Morgan fingerprint density at radius 2 is 1.41 bits per heavy atom. The first-order valence-electron chi connectivity index (χ1n) is 9.30. The number of nitrogens with one attached hydrogen (secondary N) is 1. The van der Waals surface area contributed by atoms with E-state index in [9.17, 15) is 21.6 Å². The normalized spacial score (nSPS) is 13.0. The van der Waals surface area contributed by atoms with Gasteiger partial charge in [-0.15, -0.1) is 0 Å². The lowest BCUT2D eigenvalue weighted by Gasteiger charge is -2.14. The zero-order valence-electron chi connectivity index (χ0n) is 17.0. The second-order valence-electron chi connectivity index (χ2n) is 7.16. The number of ketones is 1. The molecule has 3 aromatic rings. The monoisotopic (exact) mass is 511 g/mol. The molecule has 0 aliphatic rings. The maximum atomic E-state index is 13.2. The van der Waals surface area contributed by atoms with E-state index in [1.165, 1.54) is 54.6 Å². The molecule has 10 heteroatoms. The van der Waals surface area contributed by atoms with Crippen molar-refractivity contribution in [3.63, 3.8) is 0 Å². The molecule has 1 atom stereocenters. The Bertz CT molecular complexity index is 1370. The number of hydrogen-bond acceptors (Lipinski definition) is 5. The molecule has 3 aromatic carbocycles. The van der Waals surface area contributed by atoms with Crippen molar-refractivity contribution >= 4 is 48.8 Å². The van der Waals surface area contributed by atoms with Gasteiger partial charge in [0.25, 0.3) is 0 Å². The molecule has 1 N–H and O–H groups in total. The third-order valence-electron chi connectivity index (χ3n) is 4.67. The van der Waals surface area contributed by atoms with Gasteiger partial charge in [0.1, 0.15) is 0 Å². The minimum atomic E-state index is -4.04. The van der Waals surface area contributed by atoms with Crippen LogP contribution in [0, 0.1) is 0 Å². The van der Waals surface area contributed by atoms with Gasteiger partial charge in [0.15, 0.2) is 5.78 Å². The second kappa shape index (κ2) is 9.33. The molecule has 32 heavy (non-hydrogen) atoms. The van der Waals surface area contributed by atoms with Crippen molar-refractivity contribution in [2.45, 2.75) is 22.8 Å². The minimum Gasteiger partial charge on any atom is -0.289 e. The minimum absolute atomic E-state index is 0.0192. The average molecular weight is 512 g/mol. The van der Waals surface area contributed by atoms with E-state index in [1.54, 1.807) is 19.1 Å². The Morgan fingerprint density at radius 3 is 1.97 bits per heavy atom. The molecule has 0 fully saturated rings. The molecule has 0 aromatic heterocycles. The molecule has 0 heterocycles. The lowest BCUT2D eigenvalue weighted by Crippen LogP contribution is -2.25. The molecule has 0 aliphatic heterocycles. The van der Waals surface area contributed by atoms with Gasteiger partial charge in [-0.2, -0.15) is 0 Å². The van der Waals surface area contributed by atoms with Crippen LogP contribution in [0.15, 0.2) is 76.5 Å². The van der Waals surface area contributed by atoms with Crippen LogP contribution < -0.4 is 4.72 Å². The van der Waals surface area contributed by atoms with E-state index < -0.39 is 31.7 Å². The van der Waals surface area contributed by atoms with E-state index >= 15 is 0 Å². The zero-order valence-corrected chi connectivity index (χ0v) is 20.2. The van der Waals surface area contributed by atoms with Crippen LogP contribution in [0.3, 0.4) is 0 Å². The van der Waals surface area contributed by atoms with Gasteiger partial charge < -0.3 is 0 Å². The summed E-state index contributed by atoms with van der Waals surface area (Å²) in [6.07, 6.45) is 1.06. The lowest BCUT2D eigenvalue weighted by atomic mass is 10.0. The van der Waals surface area contributed by atoms with Crippen molar-refractivity contribution < 1.29 is 21.6 Å². The highest BCUT2D eigenvalue weighted by Crippen LogP contribution is 2.29. The van der Waals surface area contributed by atoms with Crippen LogP contribution >= 0.6 is 23.2 Å². The molecular weight excluding hydrogens is 493 g/mol. The number of halogens is 2. The quantitative estimate of drug-likeness (QED) is 0.464. The molecule has 6 nitrogen and oxygen atoms in total. The molecular formula is C22H19Cl2NO5S2. The van der Waals surface area contributed by atoms with Crippen molar-refractivity contribution in [3.05, 3.63) is 93.5 Å². The van der Waals surface area contributed by atoms with Gasteiger partial charge in [-0.1, -0.05) is 47.5 Å². The summed E-state index contributed by atoms with van der Waals surface area (Å²) in [4.78, 5) is 12.9. The van der Waals surface area contributed by atoms with Gasteiger partial charge in [0, 0.05) is 27.2 Å². The fraction of sp³-hybridized carbons (Fsp3) is 0.136. The summed E-state index contributed by atoms with van der Waals surface area (Å²) in [5.74, 6) is -0.510. The van der Waals surface area contributed by atoms with E-state index in [0.717, 1.165) is 6.26 Å². The van der Waals surface area contributed by atoms with E-state index in [2.05, 4.69) is 4.72 Å². The predicted octanol–water partition coefficient (Wildman–Crippen LogP) is 4.67. The third kappa shape index (κ3) is 5.57. The van der Waals surface area contributed by atoms with E-state index in [-0.39, 0.29) is 25.9 Å². The topological polar surface area (TPSA) is 97.4 Å². The number of sulfonamides is 1. The molecule has 0 bridgehead atoms. The Kier molecular flexibility index (Phi) is 7.12. The van der Waals surface area contributed by atoms with Crippen molar-refractivity contribution in [1.82, 2.24) is 4.72 Å². The van der Waals surface area contributed by atoms with Gasteiger partial charge >= 0.3 is 0 Å². The highest BCUT2D eigenvalue weighted by atomic mass is 35.5. The first kappa shape index (κ1) is 24.4. The number of hydrogen-bond donors (Lipinski definition) is 1. The standard InChI is InChI=1S/C22H19Cl2NO5S2/c1-14(25-31(2,27)28)15-3-5-16(6-4-15)22(26)20-12-9-18(24)13-21(20)32(29,30)19-10-7-17(23)8-11-19/h3-14,25H,1-2H3. The van der Waals surface area contributed by atoms with Crippen LogP contribution in [0.5, 0.6) is 0 Å². The summed E-state index contributed by atoms with van der Waals surface area (Å²) >= 11 is 11.9. The Morgan fingerprint density at radius 1 is 0.844 bits per heavy atom. The summed E-state index contributed by atoms with van der Waals surface area (Å²) in [5, 5.41) is 0.552. The van der Waals surface area contributed by atoms with Gasteiger partial charge in [0.05, 0.1) is 16.0 Å². The third-order valence-corrected chi connectivity index (χ3v) is 7.74. The summed E-state index contributed by atoms with van der Waals surface area (Å²) in [6, 6.07) is 15.4. The van der Waals surface area contributed by atoms with Crippen LogP contribution in [-0.4, -0.2) is 28.9 Å². The molecule has 0 aliphatic carbocycles. The van der Waals surface area contributed by atoms with E-state index in [4.69, 9.17) is 23.2 Å². The summed E-state index contributed by atoms with van der Waals surface area (Å²) in [5.41, 5.74) is 0.867. The molecule has 168 valence electrons. The zero-order chi connectivity index (χ0) is 23.7. The number of carbonyl (C=O) groups is 1. The maximum Gasteiger partial charge on any atom is 0.209 e. The van der Waals surface area contributed by atoms with E-state index in [0.29, 0.717) is 10.6 Å². The fourth-order valence-electron chi connectivity index (χ4n) is 3.11. The Hall–Kier alpha value is -2.23.